The van der Waals surface area contributed by atoms with Crippen LogP contribution >= 0.6 is 0 Å². The average molecular weight is 283 g/mol. The second kappa shape index (κ2) is 6.27. The summed E-state index contributed by atoms with van der Waals surface area (Å²) in [7, 11) is 0. The SMILES string of the molecule is C=CCN(C(=O)c1cc(F)c(F)cc1C(=O)O)C(C)C. The number of carbonyl (C=O) groups is 2. The van der Waals surface area contributed by atoms with Gasteiger partial charge in [-0.25, -0.2) is 13.6 Å². The molecule has 1 rings (SSSR count). The lowest BCUT2D eigenvalue weighted by atomic mass is 10.0. The van der Waals surface area contributed by atoms with Crippen molar-refractivity contribution in [1.29, 1.82) is 0 Å². The Balaban J connectivity index is 3.36. The molecule has 108 valence electrons. The van der Waals surface area contributed by atoms with Crippen LogP contribution in [0.4, 0.5) is 8.78 Å². The van der Waals surface area contributed by atoms with E-state index in [4.69, 9.17) is 5.11 Å². The van der Waals surface area contributed by atoms with E-state index in [1.165, 1.54) is 11.0 Å². The molecule has 0 saturated carbocycles. The van der Waals surface area contributed by atoms with Gasteiger partial charge in [-0.3, -0.25) is 4.79 Å². The summed E-state index contributed by atoms with van der Waals surface area (Å²) in [5.74, 6) is -4.75. The molecule has 0 aliphatic carbocycles. The van der Waals surface area contributed by atoms with Crippen molar-refractivity contribution in [2.24, 2.45) is 0 Å². The number of rotatable bonds is 5. The second-order valence-electron chi connectivity index (χ2n) is 4.46. The zero-order chi connectivity index (χ0) is 15.4. The Bertz CT molecular complexity index is 556. The molecule has 20 heavy (non-hydrogen) atoms. The van der Waals surface area contributed by atoms with Crippen molar-refractivity contribution in [1.82, 2.24) is 4.90 Å². The minimum absolute atomic E-state index is 0.175. The highest BCUT2D eigenvalue weighted by Crippen LogP contribution is 2.18. The molecule has 1 aromatic carbocycles. The number of amides is 1. The van der Waals surface area contributed by atoms with Gasteiger partial charge in [0, 0.05) is 12.6 Å². The average Bonchev–Trinajstić information content (AvgIpc) is 2.37. The molecule has 0 unspecified atom stereocenters. The fourth-order valence-corrected chi connectivity index (χ4v) is 1.72. The van der Waals surface area contributed by atoms with Gasteiger partial charge in [0.2, 0.25) is 0 Å². The van der Waals surface area contributed by atoms with E-state index in [1.807, 2.05) is 0 Å². The first kappa shape index (κ1) is 15.8. The van der Waals surface area contributed by atoms with Crippen molar-refractivity contribution in [3.05, 3.63) is 47.5 Å². The van der Waals surface area contributed by atoms with E-state index in [9.17, 15) is 18.4 Å². The van der Waals surface area contributed by atoms with Crippen molar-refractivity contribution in [2.75, 3.05) is 6.54 Å². The van der Waals surface area contributed by atoms with Crippen molar-refractivity contribution in [2.45, 2.75) is 19.9 Å². The number of hydrogen-bond acceptors (Lipinski definition) is 2. The number of aromatic carboxylic acids is 1. The summed E-state index contributed by atoms with van der Waals surface area (Å²) < 4.78 is 26.4. The molecule has 0 fully saturated rings. The van der Waals surface area contributed by atoms with Crippen LogP contribution in [0.2, 0.25) is 0 Å². The Hall–Kier alpha value is -2.24. The summed E-state index contributed by atoms with van der Waals surface area (Å²) >= 11 is 0. The van der Waals surface area contributed by atoms with Crippen LogP contribution in [-0.2, 0) is 0 Å². The normalized spacial score (nSPS) is 10.4. The van der Waals surface area contributed by atoms with Crippen LogP contribution in [0.25, 0.3) is 0 Å². The van der Waals surface area contributed by atoms with Crippen molar-refractivity contribution >= 4 is 11.9 Å². The van der Waals surface area contributed by atoms with Gasteiger partial charge in [0.05, 0.1) is 11.1 Å². The van der Waals surface area contributed by atoms with E-state index >= 15 is 0 Å². The zero-order valence-electron chi connectivity index (χ0n) is 11.2. The lowest BCUT2D eigenvalue weighted by Gasteiger charge is -2.26. The predicted molar refractivity (Wildman–Crippen MR) is 69.7 cm³/mol. The van der Waals surface area contributed by atoms with Crippen LogP contribution in [-0.4, -0.2) is 34.5 Å². The molecule has 0 aliphatic rings. The Morgan fingerprint density at radius 3 is 2.20 bits per heavy atom. The second-order valence-corrected chi connectivity index (χ2v) is 4.46. The van der Waals surface area contributed by atoms with Crippen molar-refractivity contribution in [3.8, 4) is 0 Å². The van der Waals surface area contributed by atoms with Crippen molar-refractivity contribution in [3.63, 3.8) is 0 Å². The smallest absolute Gasteiger partial charge is 0.336 e. The number of hydrogen-bond donors (Lipinski definition) is 1. The molecule has 1 aromatic rings. The minimum Gasteiger partial charge on any atom is -0.478 e. The van der Waals surface area contributed by atoms with Gasteiger partial charge in [-0.1, -0.05) is 6.08 Å². The molecule has 0 bridgehead atoms. The van der Waals surface area contributed by atoms with Gasteiger partial charge in [0.1, 0.15) is 0 Å². The summed E-state index contributed by atoms with van der Waals surface area (Å²) in [6, 6.07) is 0.881. The molecule has 1 N–H and O–H groups in total. The molecule has 0 spiro atoms. The van der Waals surface area contributed by atoms with E-state index in [0.717, 1.165) is 0 Å². The molecular weight excluding hydrogens is 268 g/mol. The molecule has 0 atom stereocenters. The maximum Gasteiger partial charge on any atom is 0.336 e. The lowest BCUT2D eigenvalue weighted by molar-refractivity contribution is 0.0666. The van der Waals surface area contributed by atoms with Crippen LogP contribution in [0.15, 0.2) is 24.8 Å². The monoisotopic (exact) mass is 283 g/mol. The van der Waals surface area contributed by atoms with Gasteiger partial charge in [0.25, 0.3) is 5.91 Å². The van der Waals surface area contributed by atoms with Gasteiger partial charge in [-0.15, -0.1) is 6.58 Å². The highest BCUT2D eigenvalue weighted by molar-refractivity contribution is 6.04. The zero-order valence-corrected chi connectivity index (χ0v) is 11.2. The number of carboxylic acid groups (broad SMARTS) is 1. The van der Waals surface area contributed by atoms with Crippen LogP contribution in [0, 0.1) is 11.6 Å². The number of benzene rings is 1. The number of nitrogens with zero attached hydrogens (tertiary/aromatic N) is 1. The van der Waals surface area contributed by atoms with E-state index < -0.39 is 29.1 Å². The molecule has 1 amide bonds. The molecular formula is C14H15F2NO3. The third-order valence-electron chi connectivity index (χ3n) is 2.73. The number of carbonyl (C=O) groups excluding carboxylic acids is 1. The quantitative estimate of drug-likeness (QED) is 0.845. The van der Waals surface area contributed by atoms with Gasteiger partial charge >= 0.3 is 5.97 Å². The maximum atomic E-state index is 13.3. The van der Waals surface area contributed by atoms with Crippen molar-refractivity contribution < 1.29 is 23.5 Å². The summed E-state index contributed by atoms with van der Waals surface area (Å²) in [5, 5.41) is 9.00. The molecule has 0 radical (unpaired) electrons. The highest BCUT2D eigenvalue weighted by Gasteiger charge is 2.25. The maximum absolute atomic E-state index is 13.3. The Kier molecular flexibility index (Phi) is 4.96. The van der Waals surface area contributed by atoms with Gasteiger partial charge in [0.15, 0.2) is 11.6 Å². The Morgan fingerprint density at radius 2 is 1.80 bits per heavy atom. The number of carboxylic acids is 1. The van der Waals surface area contributed by atoms with Crippen LogP contribution in [0.1, 0.15) is 34.6 Å². The minimum atomic E-state index is -1.49. The summed E-state index contributed by atoms with van der Waals surface area (Å²) in [6.07, 6.45) is 1.47. The molecule has 0 saturated heterocycles. The topological polar surface area (TPSA) is 57.6 Å². The third-order valence-corrected chi connectivity index (χ3v) is 2.73. The van der Waals surface area contributed by atoms with Crippen LogP contribution < -0.4 is 0 Å². The summed E-state index contributed by atoms with van der Waals surface area (Å²) in [5.41, 5.74) is -0.949. The Morgan fingerprint density at radius 1 is 1.30 bits per heavy atom. The standard InChI is InChI=1S/C14H15F2NO3/c1-4-5-17(8(2)3)13(18)9-6-11(15)12(16)7-10(9)14(19)20/h4,6-8H,1,5H2,2-3H3,(H,19,20). The molecule has 0 aromatic heterocycles. The van der Waals surface area contributed by atoms with Crippen LogP contribution in [0.5, 0.6) is 0 Å². The highest BCUT2D eigenvalue weighted by atomic mass is 19.2. The first-order valence-electron chi connectivity index (χ1n) is 5.93. The van der Waals surface area contributed by atoms with Gasteiger partial charge < -0.3 is 10.0 Å². The van der Waals surface area contributed by atoms with E-state index in [1.54, 1.807) is 13.8 Å². The largest absolute Gasteiger partial charge is 0.478 e. The third kappa shape index (κ3) is 3.20. The molecule has 0 heterocycles. The first-order chi connectivity index (χ1) is 9.29. The van der Waals surface area contributed by atoms with Crippen LogP contribution in [0.3, 0.4) is 0 Å². The van der Waals surface area contributed by atoms with Gasteiger partial charge in [-0.2, -0.15) is 0 Å². The lowest BCUT2D eigenvalue weighted by Crippen LogP contribution is -2.38. The van der Waals surface area contributed by atoms with E-state index in [-0.39, 0.29) is 18.2 Å². The van der Waals surface area contributed by atoms with E-state index in [2.05, 4.69) is 6.58 Å². The molecule has 6 heteroatoms. The van der Waals surface area contributed by atoms with E-state index in [0.29, 0.717) is 12.1 Å². The number of halogens is 2. The summed E-state index contributed by atoms with van der Waals surface area (Å²) in [4.78, 5) is 24.7. The summed E-state index contributed by atoms with van der Waals surface area (Å²) in [6.45, 7) is 7.13. The molecule has 4 nitrogen and oxygen atoms in total. The molecule has 0 aliphatic heterocycles. The first-order valence-corrected chi connectivity index (χ1v) is 5.93. The Labute approximate surface area is 115 Å². The predicted octanol–water partition coefficient (Wildman–Crippen LogP) is 2.70. The fourth-order valence-electron chi connectivity index (χ4n) is 1.72. The van der Waals surface area contributed by atoms with Gasteiger partial charge in [-0.05, 0) is 26.0 Å². The fraction of sp³-hybridized carbons (Fsp3) is 0.286.